The summed E-state index contributed by atoms with van der Waals surface area (Å²) in [5.41, 5.74) is 7.49. The molecule has 1 nitrogen and oxygen atoms in total. The van der Waals surface area contributed by atoms with Gasteiger partial charge in [0.05, 0.1) is 5.69 Å². The van der Waals surface area contributed by atoms with Crippen LogP contribution in [0.3, 0.4) is 0 Å². The lowest BCUT2D eigenvalue weighted by Crippen LogP contribution is -2.00. The molecule has 1 rings (SSSR count). The topological polar surface area (TPSA) is 12.9 Å². The van der Waals surface area contributed by atoms with E-state index in [9.17, 15) is 0 Å². The highest BCUT2D eigenvalue weighted by Gasteiger charge is 2.11. The van der Waals surface area contributed by atoms with Crippen molar-refractivity contribution in [1.82, 2.24) is 4.98 Å². The lowest BCUT2D eigenvalue weighted by molar-refractivity contribution is 0.854. The highest BCUT2D eigenvalue weighted by molar-refractivity contribution is 5.70. The van der Waals surface area contributed by atoms with Crippen LogP contribution in [0.5, 0.6) is 0 Å². The summed E-state index contributed by atoms with van der Waals surface area (Å²) in [6.45, 7) is 22.7. The Morgan fingerprint density at radius 3 is 2.18 bits per heavy atom. The third-order valence-corrected chi connectivity index (χ3v) is 3.95. The predicted molar refractivity (Wildman–Crippen MR) is 99.7 cm³/mol. The maximum atomic E-state index is 4.58. The van der Waals surface area contributed by atoms with Crippen LogP contribution in [0.15, 0.2) is 55.3 Å². The molecule has 0 aliphatic rings. The van der Waals surface area contributed by atoms with Gasteiger partial charge in [-0.05, 0) is 66.2 Å². The molecule has 0 aliphatic heterocycles. The molecule has 0 aromatic carbocycles. The number of allylic oxidation sites excluding steroid dienone is 6. The Morgan fingerprint density at radius 2 is 1.64 bits per heavy atom. The zero-order chi connectivity index (χ0) is 16.9. The van der Waals surface area contributed by atoms with Crippen LogP contribution in [0.1, 0.15) is 43.2 Å². The smallest absolute Gasteiger partial charge is 0.0662 e. The molecule has 1 aromatic heterocycles. The summed E-state index contributed by atoms with van der Waals surface area (Å²) in [5.74, 6) is 0.422. The van der Waals surface area contributed by atoms with Crippen molar-refractivity contribution in [2.75, 3.05) is 0 Å². The van der Waals surface area contributed by atoms with Crippen LogP contribution in [-0.2, 0) is 0 Å². The zero-order valence-corrected chi connectivity index (χ0v) is 14.5. The van der Waals surface area contributed by atoms with Crippen LogP contribution in [0.25, 0.3) is 11.6 Å². The molecule has 1 heterocycles. The van der Waals surface area contributed by atoms with Gasteiger partial charge in [0.15, 0.2) is 0 Å². The normalized spacial score (nSPS) is 11.5. The second-order valence-corrected chi connectivity index (χ2v) is 5.87. The van der Waals surface area contributed by atoms with Gasteiger partial charge in [-0.3, -0.25) is 4.98 Å². The van der Waals surface area contributed by atoms with Gasteiger partial charge in [-0.1, -0.05) is 51.8 Å². The first kappa shape index (κ1) is 17.9. The molecule has 0 aliphatic carbocycles. The van der Waals surface area contributed by atoms with Crippen LogP contribution >= 0.6 is 0 Å². The molecule has 0 N–H and O–H groups in total. The average Bonchev–Trinajstić information content (AvgIpc) is 2.47. The monoisotopic (exact) mass is 293 g/mol. The molecule has 0 saturated carbocycles. The third-order valence-electron chi connectivity index (χ3n) is 3.95. The standard InChI is InChI=1S/C21H27N/c1-9-10-15(4)16(5)11-12-21-19(8)18(7)20(13-22-21)17(6)14(2)3/h9-14H,4-6H2,1-3,7-8H3. The maximum Gasteiger partial charge on any atom is 0.0662 e. The van der Waals surface area contributed by atoms with Crippen molar-refractivity contribution in [3.05, 3.63) is 77.7 Å². The summed E-state index contributed by atoms with van der Waals surface area (Å²) < 4.78 is 0. The molecule has 0 bridgehead atoms. The first-order valence-electron chi connectivity index (χ1n) is 7.63. The predicted octanol–water partition coefficient (Wildman–Crippen LogP) is 6.07. The van der Waals surface area contributed by atoms with E-state index >= 15 is 0 Å². The fraction of sp³-hybridized carbons (Fsp3) is 0.286. The average molecular weight is 293 g/mol. The van der Waals surface area contributed by atoms with E-state index in [1.54, 1.807) is 0 Å². The van der Waals surface area contributed by atoms with E-state index < -0.39 is 0 Å². The fourth-order valence-electron chi connectivity index (χ4n) is 2.12. The van der Waals surface area contributed by atoms with E-state index in [0.717, 1.165) is 28.0 Å². The molecular weight excluding hydrogens is 266 g/mol. The molecule has 0 fully saturated rings. The molecule has 1 aromatic rings. The Labute approximate surface area is 135 Å². The van der Waals surface area contributed by atoms with Gasteiger partial charge in [0.2, 0.25) is 0 Å². The number of hydrogen-bond acceptors (Lipinski definition) is 1. The van der Waals surface area contributed by atoms with Gasteiger partial charge >= 0.3 is 0 Å². The van der Waals surface area contributed by atoms with Crippen molar-refractivity contribution in [3.63, 3.8) is 0 Å². The van der Waals surface area contributed by atoms with E-state index in [1.165, 1.54) is 11.1 Å². The summed E-state index contributed by atoms with van der Waals surface area (Å²) in [6, 6.07) is 0. The Balaban J connectivity index is 3.09. The van der Waals surface area contributed by atoms with E-state index in [0.29, 0.717) is 5.92 Å². The van der Waals surface area contributed by atoms with Crippen LogP contribution in [0.4, 0.5) is 0 Å². The van der Waals surface area contributed by atoms with Crippen LogP contribution < -0.4 is 0 Å². The minimum Gasteiger partial charge on any atom is -0.256 e. The van der Waals surface area contributed by atoms with Gasteiger partial charge in [-0.15, -0.1) is 0 Å². The van der Waals surface area contributed by atoms with Crippen molar-refractivity contribution in [1.29, 1.82) is 0 Å². The van der Waals surface area contributed by atoms with E-state index in [4.69, 9.17) is 0 Å². The minimum atomic E-state index is 0.422. The molecule has 0 spiro atoms. The first-order chi connectivity index (χ1) is 10.3. The summed E-state index contributed by atoms with van der Waals surface area (Å²) in [6.07, 6.45) is 9.80. The Hall–Kier alpha value is -2.15. The number of nitrogens with zero attached hydrogens (tertiary/aromatic N) is 1. The van der Waals surface area contributed by atoms with Gasteiger partial charge < -0.3 is 0 Å². The van der Waals surface area contributed by atoms with Crippen LogP contribution in [0, 0.1) is 19.8 Å². The van der Waals surface area contributed by atoms with E-state index in [1.807, 2.05) is 37.4 Å². The molecule has 22 heavy (non-hydrogen) atoms. The number of rotatable bonds is 6. The van der Waals surface area contributed by atoms with Gasteiger partial charge in [-0.2, -0.15) is 0 Å². The Bertz CT molecular complexity index is 655. The van der Waals surface area contributed by atoms with Crippen molar-refractivity contribution >= 4 is 11.6 Å². The summed E-state index contributed by atoms with van der Waals surface area (Å²) in [4.78, 5) is 4.58. The number of aromatic nitrogens is 1. The first-order valence-corrected chi connectivity index (χ1v) is 7.63. The van der Waals surface area contributed by atoms with Gasteiger partial charge in [0.25, 0.3) is 0 Å². The largest absolute Gasteiger partial charge is 0.256 e. The van der Waals surface area contributed by atoms with Gasteiger partial charge in [0.1, 0.15) is 0 Å². The molecule has 0 saturated heterocycles. The Kier molecular flexibility index (Phi) is 6.30. The highest BCUT2D eigenvalue weighted by atomic mass is 14.7. The fourth-order valence-corrected chi connectivity index (χ4v) is 2.12. The lowest BCUT2D eigenvalue weighted by Gasteiger charge is -2.15. The van der Waals surface area contributed by atoms with Crippen LogP contribution in [0.2, 0.25) is 0 Å². The summed E-state index contributed by atoms with van der Waals surface area (Å²) >= 11 is 0. The molecule has 1 heteroatoms. The molecule has 0 unspecified atom stereocenters. The third kappa shape index (κ3) is 4.17. The van der Waals surface area contributed by atoms with Gasteiger partial charge in [0, 0.05) is 6.20 Å². The zero-order valence-electron chi connectivity index (χ0n) is 14.5. The second kappa shape index (κ2) is 7.74. The van der Waals surface area contributed by atoms with Crippen molar-refractivity contribution in [2.45, 2.75) is 34.6 Å². The Morgan fingerprint density at radius 1 is 1.05 bits per heavy atom. The maximum absolute atomic E-state index is 4.58. The van der Waals surface area contributed by atoms with E-state index in [2.05, 4.69) is 52.4 Å². The quantitative estimate of drug-likeness (QED) is 0.580. The lowest BCUT2D eigenvalue weighted by atomic mass is 9.92. The number of pyridine rings is 1. The molecule has 0 amide bonds. The van der Waals surface area contributed by atoms with Crippen molar-refractivity contribution < 1.29 is 0 Å². The number of hydrogen-bond donors (Lipinski definition) is 0. The summed E-state index contributed by atoms with van der Waals surface area (Å²) in [7, 11) is 0. The summed E-state index contributed by atoms with van der Waals surface area (Å²) in [5, 5.41) is 0. The SMILES string of the molecule is C=C(C=CC)C(=C)C=Cc1ncc(C(=C)C(C)C)c(C)c1C. The minimum absolute atomic E-state index is 0.422. The van der Waals surface area contributed by atoms with Crippen molar-refractivity contribution in [2.24, 2.45) is 5.92 Å². The molecular formula is C21H27N. The molecule has 116 valence electrons. The highest BCUT2D eigenvalue weighted by Crippen LogP contribution is 2.27. The van der Waals surface area contributed by atoms with E-state index in [-0.39, 0.29) is 0 Å². The van der Waals surface area contributed by atoms with Gasteiger partial charge in [-0.25, -0.2) is 0 Å². The molecule has 0 radical (unpaired) electrons. The van der Waals surface area contributed by atoms with Crippen LogP contribution in [-0.4, -0.2) is 4.98 Å². The van der Waals surface area contributed by atoms with Crippen molar-refractivity contribution in [3.8, 4) is 0 Å². The molecule has 0 atom stereocenters. The second-order valence-electron chi connectivity index (χ2n) is 5.87.